The van der Waals surface area contributed by atoms with E-state index in [1.54, 1.807) is 11.0 Å². The number of aliphatic hydroxyl groups is 1. The summed E-state index contributed by atoms with van der Waals surface area (Å²) in [5, 5.41) is 11.3. The van der Waals surface area contributed by atoms with Crippen molar-refractivity contribution in [3.05, 3.63) is 35.3 Å². The largest absolute Gasteiger partial charge is 0.396 e. The first-order valence-corrected chi connectivity index (χ1v) is 16.8. The molecule has 3 amide bonds. The van der Waals surface area contributed by atoms with E-state index in [1.165, 1.54) is 22.5 Å². The number of hydrogen-bond acceptors (Lipinski definition) is 8. The van der Waals surface area contributed by atoms with Gasteiger partial charge in [0.15, 0.2) is 12.3 Å². The number of benzene rings is 1. The Morgan fingerprint density at radius 3 is 2.64 bits per heavy atom. The minimum Gasteiger partial charge on any atom is -0.396 e. The maximum atomic E-state index is 14.3. The average molecular weight is 626 g/mol. The monoisotopic (exact) mass is 625 g/mol. The standard InChI is InChI=1S/C33H47N5O5S/c1-22(2)18-26-32(42)37-25(19-33(3,4)5)31(41)36(23-14-16-35(20-23)15-8-9-17-39)21-29(37)38(43-26)30(40)13-12-28-34-24-10-6-7-11-27(24)44-28/h6-7,10-13,22-23,25-26,29,39H,8-9,14-21H2,1-5H3/b13-12+/t23-,25+,26-,29+/m1/s1. The molecule has 0 radical (unpaired) electrons. The summed E-state index contributed by atoms with van der Waals surface area (Å²) < 4.78 is 1.04. The quantitative estimate of drug-likeness (QED) is 0.312. The first kappa shape index (κ1) is 32.5. The molecule has 0 bridgehead atoms. The number of carbonyl (C=O) groups is 3. The molecule has 5 rings (SSSR count). The zero-order valence-corrected chi connectivity index (χ0v) is 27.5. The summed E-state index contributed by atoms with van der Waals surface area (Å²) in [7, 11) is 0. The van der Waals surface area contributed by atoms with Crippen molar-refractivity contribution in [1.29, 1.82) is 0 Å². The number of piperazine rings is 1. The summed E-state index contributed by atoms with van der Waals surface area (Å²) in [4.78, 5) is 59.0. The third kappa shape index (κ3) is 7.33. The van der Waals surface area contributed by atoms with Gasteiger partial charge in [-0.3, -0.25) is 19.2 Å². The highest BCUT2D eigenvalue weighted by Gasteiger charge is 2.54. The van der Waals surface area contributed by atoms with E-state index in [4.69, 9.17) is 4.84 Å². The molecular weight excluding hydrogens is 578 g/mol. The fourth-order valence-electron chi connectivity index (χ4n) is 6.54. The van der Waals surface area contributed by atoms with Crippen LogP contribution in [0.5, 0.6) is 0 Å². The third-order valence-corrected chi connectivity index (χ3v) is 9.59. The number of hydrogen-bond donors (Lipinski definition) is 1. The Balaban J connectivity index is 1.45. The Morgan fingerprint density at radius 1 is 1.16 bits per heavy atom. The molecule has 1 N–H and O–H groups in total. The van der Waals surface area contributed by atoms with E-state index in [0.717, 1.165) is 49.1 Å². The maximum Gasteiger partial charge on any atom is 0.272 e. The summed E-state index contributed by atoms with van der Waals surface area (Å²) >= 11 is 1.50. The lowest BCUT2D eigenvalue weighted by Gasteiger charge is -2.54. The molecule has 4 heterocycles. The van der Waals surface area contributed by atoms with Crippen LogP contribution in [0.4, 0.5) is 0 Å². The fraction of sp³-hybridized carbons (Fsp3) is 0.636. The van der Waals surface area contributed by atoms with Gasteiger partial charge in [0, 0.05) is 31.8 Å². The summed E-state index contributed by atoms with van der Waals surface area (Å²) in [5.74, 6) is -0.484. The van der Waals surface area contributed by atoms with E-state index in [1.807, 2.05) is 43.0 Å². The number of fused-ring (bicyclic) bond motifs is 2. The molecule has 2 aromatic rings. The van der Waals surface area contributed by atoms with Crippen LogP contribution >= 0.6 is 11.3 Å². The van der Waals surface area contributed by atoms with E-state index in [9.17, 15) is 19.5 Å². The van der Waals surface area contributed by atoms with Gasteiger partial charge in [-0.1, -0.05) is 46.8 Å². The molecular formula is C33H47N5O5S. The lowest BCUT2D eigenvalue weighted by molar-refractivity contribution is -0.275. The van der Waals surface area contributed by atoms with Crippen LogP contribution in [0, 0.1) is 11.3 Å². The Labute approximate surface area is 264 Å². The second-order valence-corrected chi connectivity index (χ2v) is 15.0. The van der Waals surface area contributed by atoms with Crippen molar-refractivity contribution in [3.8, 4) is 0 Å². The topological polar surface area (TPSA) is 107 Å². The smallest absolute Gasteiger partial charge is 0.272 e. The molecule has 10 nitrogen and oxygen atoms in total. The summed E-state index contributed by atoms with van der Waals surface area (Å²) in [5.41, 5.74) is 0.647. The first-order chi connectivity index (χ1) is 20.9. The second-order valence-electron chi connectivity index (χ2n) is 13.9. The zero-order valence-electron chi connectivity index (χ0n) is 26.6. The van der Waals surface area contributed by atoms with Gasteiger partial charge in [-0.15, -0.1) is 11.3 Å². The predicted octanol–water partition coefficient (Wildman–Crippen LogP) is 4.15. The van der Waals surface area contributed by atoms with Crippen LogP contribution in [-0.2, 0) is 19.2 Å². The van der Waals surface area contributed by atoms with Gasteiger partial charge in [0.25, 0.3) is 11.8 Å². The minimum atomic E-state index is -0.846. The molecule has 0 unspecified atom stereocenters. The number of rotatable bonds is 10. The van der Waals surface area contributed by atoms with Crippen LogP contribution < -0.4 is 0 Å². The predicted molar refractivity (Wildman–Crippen MR) is 171 cm³/mol. The van der Waals surface area contributed by atoms with Crippen molar-refractivity contribution in [2.45, 2.75) is 91.1 Å². The number of carbonyl (C=O) groups excluding carboxylic acids is 3. The summed E-state index contributed by atoms with van der Waals surface area (Å²) in [6, 6.07) is 7.14. The molecule has 4 atom stereocenters. The van der Waals surface area contributed by atoms with E-state index in [-0.39, 0.29) is 48.2 Å². The number of aromatic nitrogens is 1. The number of likely N-dealkylation sites (tertiary alicyclic amines) is 1. The van der Waals surface area contributed by atoms with Crippen molar-refractivity contribution in [1.82, 2.24) is 24.7 Å². The first-order valence-electron chi connectivity index (χ1n) is 15.9. The number of nitrogens with zero attached hydrogens (tertiary/aromatic N) is 5. The van der Waals surface area contributed by atoms with Crippen molar-refractivity contribution in [2.75, 3.05) is 32.8 Å². The van der Waals surface area contributed by atoms with E-state index in [0.29, 0.717) is 17.8 Å². The molecule has 0 aliphatic carbocycles. The molecule has 3 aliphatic heterocycles. The van der Waals surface area contributed by atoms with Crippen molar-refractivity contribution in [2.24, 2.45) is 11.3 Å². The number of thiazole rings is 1. The van der Waals surface area contributed by atoms with Gasteiger partial charge in [-0.25, -0.2) is 4.98 Å². The molecule has 0 spiro atoms. The van der Waals surface area contributed by atoms with Gasteiger partial charge in [0.05, 0.1) is 16.8 Å². The average Bonchev–Trinajstić information content (AvgIpc) is 3.60. The summed E-state index contributed by atoms with van der Waals surface area (Å²) in [6.45, 7) is 13.1. The van der Waals surface area contributed by atoms with Crippen LogP contribution in [-0.4, -0.2) is 105 Å². The van der Waals surface area contributed by atoms with Gasteiger partial charge in [0.1, 0.15) is 11.0 Å². The molecule has 3 saturated heterocycles. The molecule has 3 fully saturated rings. The Kier molecular flexibility index (Phi) is 10.1. The van der Waals surface area contributed by atoms with E-state index >= 15 is 0 Å². The molecule has 11 heteroatoms. The van der Waals surface area contributed by atoms with Crippen molar-refractivity contribution >= 4 is 45.4 Å². The normalized spacial score (nSPS) is 25.2. The van der Waals surface area contributed by atoms with Gasteiger partial charge in [0.2, 0.25) is 5.91 Å². The van der Waals surface area contributed by atoms with Crippen LogP contribution in [0.2, 0.25) is 0 Å². The molecule has 240 valence electrons. The number of unbranched alkanes of at least 4 members (excludes halogenated alkanes) is 1. The molecule has 1 aromatic carbocycles. The lowest BCUT2D eigenvalue weighted by Crippen LogP contribution is -2.74. The highest BCUT2D eigenvalue weighted by atomic mass is 32.1. The Hall–Kier alpha value is -2.86. The van der Waals surface area contributed by atoms with Crippen LogP contribution in [0.1, 0.15) is 71.7 Å². The van der Waals surface area contributed by atoms with Gasteiger partial charge >= 0.3 is 0 Å². The summed E-state index contributed by atoms with van der Waals surface area (Å²) in [6.07, 6.45) is 5.01. The van der Waals surface area contributed by atoms with E-state index < -0.39 is 18.3 Å². The number of hydroxylamine groups is 2. The SMILES string of the molecule is CC(C)C[C@H]1ON(C(=O)/C=C/c2nc3ccccc3s2)[C@H]2CN([C@@H]3CCN(CCCCO)C3)C(=O)[C@H](CC(C)(C)C)N2C1=O. The fourth-order valence-corrected chi connectivity index (χ4v) is 7.41. The van der Waals surface area contributed by atoms with Gasteiger partial charge in [-0.2, -0.15) is 5.06 Å². The van der Waals surface area contributed by atoms with Gasteiger partial charge in [-0.05, 0) is 68.2 Å². The van der Waals surface area contributed by atoms with Crippen molar-refractivity contribution < 1.29 is 24.3 Å². The highest BCUT2D eigenvalue weighted by molar-refractivity contribution is 7.19. The molecule has 44 heavy (non-hydrogen) atoms. The molecule has 0 saturated carbocycles. The third-order valence-electron chi connectivity index (χ3n) is 8.58. The molecule has 3 aliphatic rings. The van der Waals surface area contributed by atoms with Crippen LogP contribution in [0.15, 0.2) is 30.3 Å². The Bertz CT molecular complexity index is 1340. The molecule has 1 aromatic heterocycles. The van der Waals surface area contributed by atoms with Crippen molar-refractivity contribution in [3.63, 3.8) is 0 Å². The van der Waals surface area contributed by atoms with Crippen LogP contribution in [0.3, 0.4) is 0 Å². The van der Waals surface area contributed by atoms with E-state index in [2.05, 4.69) is 30.7 Å². The lowest BCUT2D eigenvalue weighted by atomic mass is 9.85. The number of aliphatic hydroxyl groups excluding tert-OH is 1. The number of para-hydroxylation sites is 1. The Morgan fingerprint density at radius 2 is 1.93 bits per heavy atom. The highest BCUT2D eigenvalue weighted by Crippen LogP contribution is 2.36. The maximum absolute atomic E-state index is 14.3. The van der Waals surface area contributed by atoms with Crippen LogP contribution in [0.25, 0.3) is 16.3 Å². The van der Waals surface area contributed by atoms with Gasteiger partial charge < -0.3 is 19.8 Å². The minimum absolute atomic E-state index is 0.0139. The second kappa shape index (κ2) is 13.6. The zero-order chi connectivity index (χ0) is 31.6. The number of amides is 3.